The highest BCUT2D eigenvalue weighted by Crippen LogP contribution is 2.26. The summed E-state index contributed by atoms with van der Waals surface area (Å²) < 4.78 is 12.5. The number of ether oxygens (including phenoxy) is 1. The predicted molar refractivity (Wildman–Crippen MR) is 117 cm³/mol. The zero-order valence-electron chi connectivity index (χ0n) is 17.1. The van der Waals surface area contributed by atoms with Crippen LogP contribution in [0.4, 0.5) is 0 Å². The Labute approximate surface area is 183 Å². The van der Waals surface area contributed by atoms with Crippen LogP contribution >= 0.6 is 0 Å². The molecule has 4 aromatic rings. The summed E-state index contributed by atoms with van der Waals surface area (Å²) in [5.74, 6) is 0.396. The van der Waals surface area contributed by atoms with Crippen LogP contribution in [0.3, 0.4) is 0 Å². The maximum Gasteiger partial charge on any atom is 0.269 e. The molecule has 0 aliphatic rings. The van der Waals surface area contributed by atoms with Crippen LogP contribution in [0.5, 0.6) is 11.6 Å². The second kappa shape index (κ2) is 9.02. The predicted octanol–water partition coefficient (Wildman–Crippen LogP) is 3.61. The molecule has 0 fully saturated rings. The summed E-state index contributed by atoms with van der Waals surface area (Å²) in [4.78, 5) is 30.2. The Hall–Kier alpha value is -4.64. The lowest BCUT2D eigenvalue weighted by Crippen LogP contribution is -2.24. The van der Waals surface area contributed by atoms with E-state index in [-0.39, 0.29) is 23.6 Å². The number of rotatable bonds is 6. The van der Waals surface area contributed by atoms with Gasteiger partial charge in [0, 0.05) is 6.20 Å². The number of nitriles is 1. The molecule has 8 nitrogen and oxygen atoms in total. The minimum atomic E-state index is -0.650. The number of furan rings is 1. The number of nitrogens with one attached hydrogen (secondary N) is 1. The normalized spacial score (nSPS) is 11.2. The monoisotopic (exact) mass is 426 g/mol. The molecule has 0 saturated heterocycles. The van der Waals surface area contributed by atoms with Gasteiger partial charge in [0.05, 0.1) is 12.8 Å². The van der Waals surface area contributed by atoms with E-state index in [9.17, 15) is 14.9 Å². The zero-order valence-corrected chi connectivity index (χ0v) is 17.1. The van der Waals surface area contributed by atoms with Crippen molar-refractivity contribution in [2.75, 3.05) is 0 Å². The lowest BCUT2D eigenvalue weighted by Gasteiger charge is -2.11. The number of carbonyl (C=O) groups excluding carboxylic acids is 1. The first-order valence-corrected chi connectivity index (χ1v) is 9.74. The molecular formula is C24H18N4O4. The number of fused-ring (bicyclic) bond motifs is 1. The Morgan fingerprint density at radius 2 is 2.03 bits per heavy atom. The minimum Gasteiger partial charge on any atom is -0.467 e. The molecule has 0 aliphatic carbocycles. The number of benzene rings is 1. The van der Waals surface area contributed by atoms with Crippen LogP contribution in [0.15, 0.2) is 81.8 Å². The third-order valence-electron chi connectivity index (χ3n) is 4.69. The summed E-state index contributed by atoms with van der Waals surface area (Å²) in [6, 6.07) is 17.6. The van der Waals surface area contributed by atoms with Crippen LogP contribution in [0.1, 0.15) is 16.9 Å². The van der Waals surface area contributed by atoms with E-state index in [1.54, 1.807) is 48.7 Å². The number of aryl methyl sites for hydroxylation is 1. The summed E-state index contributed by atoms with van der Waals surface area (Å²) in [5.41, 5.74) is 0.474. The lowest BCUT2D eigenvalue weighted by molar-refractivity contribution is -0.117. The van der Waals surface area contributed by atoms with Gasteiger partial charge in [0.1, 0.15) is 34.4 Å². The lowest BCUT2D eigenvalue weighted by atomic mass is 10.1. The Balaban J connectivity index is 1.77. The van der Waals surface area contributed by atoms with Crippen molar-refractivity contribution in [1.82, 2.24) is 14.7 Å². The summed E-state index contributed by atoms with van der Waals surface area (Å²) in [7, 11) is 0. The van der Waals surface area contributed by atoms with Crippen LogP contribution in [0, 0.1) is 18.3 Å². The molecular weight excluding hydrogens is 408 g/mol. The molecule has 0 radical (unpaired) electrons. The van der Waals surface area contributed by atoms with Gasteiger partial charge in [-0.2, -0.15) is 10.2 Å². The van der Waals surface area contributed by atoms with E-state index >= 15 is 0 Å². The van der Waals surface area contributed by atoms with Crippen LogP contribution in [-0.4, -0.2) is 15.3 Å². The van der Waals surface area contributed by atoms with Gasteiger partial charge < -0.3 is 14.5 Å². The average Bonchev–Trinajstić information content (AvgIpc) is 3.33. The van der Waals surface area contributed by atoms with Crippen LogP contribution < -0.4 is 15.6 Å². The maximum atomic E-state index is 13.2. The van der Waals surface area contributed by atoms with Gasteiger partial charge in [-0.3, -0.25) is 14.0 Å². The molecule has 0 spiro atoms. The molecule has 3 heterocycles. The summed E-state index contributed by atoms with van der Waals surface area (Å²) in [6.07, 6.45) is 4.24. The van der Waals surface area contributed by atoms with Crippen molar-refractivity contribution in [2.45, 2.75) is 13.5 Å². The molecule has 1 N–H and O–H groups in total. The quantitative estimate of drug-likeness (QED) is 0.373. The fraction of sp³-hybridized carbons (Fsp3) is 0.0833. The molecule has 0 aliphatic heterocycles. The molecule has 0 atom stereocenters. The van der Waals surface area contributed by atoms with E-state index in [1.165, 1.54) is 16.7 Å². The van der Waals surface area contributed by atoms with Crippen molar-refractivity contribution in [3.05, 3.63) is 99.9 Å². The summed E-state index contributed by atoms with van der Waals surface area (Å²) >= 11 is 0. The van der Waals surface area contributed by atoms with Gasteiger partial charge in [0.25, 0.3) is 11.5 Å². The van der Waals surface area contributed by atoms with Crippen molar-refractivity contribution in [2.24, 2.45) is 0 Å². The highest BCUT2D eigenvalue weighted by atomic mass is 16.5. The molecule has 1 aromatic carbocycles. The fourth-order valence-corrected chi connectivity index (χ4v) is 3.03. The van der Waals surface area contributed by atoms with Gasteiger partial charge in [-0.1, -0.05) is 24.3 Å². The van der Waals surface area contributed by atoms with Crippen LogP contribution in [0.25, 0.3) is 11.7 Å². The molecule has 8 heteroatoms. The van der Waals surface area contributed by atoms with Crippen molar-refractivity contribution in [1.29, 1.82) is 5.26 Å². The number of aromatic nitrogens is 2. The molecule has 1 amide bonds. The standard InChI is InChI=1S/C24H18N4O4/c1-16-7-2-3-9-20(16)32-23-19(24(30)28-11-5-4-10-21(28)27-23)13-17(14-25)22(29)26-15-18-8-6-12-31-18/h2-13H,15H2,1H3,(H,26,29). The maximum absolute atomic E-state index is 13.2. The van der Waals surface area contributed by atoms with Crippen molar-refractivity contribution >= 4 is 17.6 Å². The molecule has 0 bridgehead atoms. The highest BCUT2D eigenvalue weighted by Gasteiger charge is 2.18. The molecule has 158 valence electrons. The molecule has 0 unspecified atom stereocenters. The number of amides is 1. The highest BCUT2D eigenvalue weighted by molar-refractivity contribution is 6.01. The van der Waals surface area contributed by atoms with Crippen LogP contribution in [-0.2, 0) is 11.3 Å². The first-order chi connectivity index (χ1) is 15.6. The summed E-state index contributed by atoms with van der Waals surface area (Å²) in [6.45, 7) is 1.97. The Bertz CT molecular complexity index is 1410. The van der Waals surface area contributed by atoms with E-state index in [0.29, 0.717) is 17.2 Å². The van der Waals surface area contributed by atoms with E-state index in [0.717, 1.165) is 5.56 Å². The first kappa shape index (κ1) is 20.6. The van der Waals surface area contributed by atoms with E-state index in [2.05, 4.69) is 10.3 Å². The molecule has 4 rings (SSSR count). The van der Waals surface area contributed by atoms with Gasteiger partial charge in [0.2, 0.25) is 5.88 Å². The zero-order chi connectivity index (χ0) is 22.5. The van der Waals surface area contributed by atoms with Crippen LogP contribution in [0.2, 0.25) is 0 Å². The Kier molecular flexibility index (Phi) is 5.81. The smallest absolute Gasteiger partial charge is 0.269 e. The fourth-order valence-electron chi connectivity index (χ4n) is 3.03. The van der Waals surface area contributed by atoms with E-state index in [4.69, 9.17) is 9.15 Å². The van der Waals surface area contributed by atoms with Crippen molar-refractivity contribution < 1.29 is 13.9 Å². The Morgan fingerprint density at radius 1 is 1.22 bits per heavy atom. The third-order valence-corrected chi connectivity index (χ3v) is 4.69. The largest absolute Gasteiger partial charge is 0.467 e. The van der Waals surface area contributed by atoms with Crippen molar-refractivity contribution in [3.8, 4) is 17.7 Å². The molecule has 3 aromatic heterocycles. The molecule has 0 saturated carbocycles. The van der Waals surface area contributed by atoms with Gasteiger partial charge in [-0.25, -0.2) is 0 Å². The minimum absolute atomic E-state index is 0.00193. The van der Waals surface area contributed by atoms with E-state index in [1.807, 2.05) is 25.1 Å². The van der Waals surface area contributed by atoms with Gasteiger partial charge in [-0.05, 0) is 48.9 Å². The Morgan fingerprint density at radius 3 is 2.78 bits per heavy atom. The average molecular weight is 426 g/mol. The number of para-hydroxylation sites is 1. The number of carbonyl (C=O) groups is 1. The number of hydrogen-bond donors (Lipinski definition) is 1. The second-order valence-electron chi connectivity index (χ2n) is 6.86. The number of nitrogens with zero attached hydrogens (tertiary/aromatic N) is 3. The third kappa shape index (κ3) is 4.27. The SMILES string of the molecule is Cc1ccccc1Oc1nc2ccccn2c(=O)c1C=C(C#N)C(=O)NCc1ccco1. The molecule has 32 heavy (non-hydrogen) atoms. The van der Waals surface area contributed by atoms with Crippen molar-refractivity contribution in [3.63, 3.8) is 0 Å². The summed E-state index contributed by atoms with van der Waals surface area (Å²) in [5, 5.41) is 12.2. The first-order valence-electron chi connectivity index (χ1n) is 9.74. The second-order valence-corrected chi connectivity index (χ2v) is 6.86. The topological polar surface area (TPSA) is 110 Å². The van der Waals surface area contributed by atoms with E-state index < -0.39 is 11.5 Å². The van der Waals surface area contributed by atoms with Gasteiger partial charge >= 0.3 is 0 Å². The van der Waals surface area contributed by atoms with Gasteiger partial charge in [0.15, 0.2) is 0 Å². The number of pyridine rings is 1. The van der Waals surface area contributed by atoms with Gasteiger partial charge in [-0.15, -0.1) is 0 Å². The number of hydrogen-bond acceptors (Lipinski definition) is 6.